The van der Waals surface area contributed by atoms with Crippen molar-refractivity contribution in [3.8, 4) is 0 Å². The maximum absolute atomic E-state index is 13.4. The van der Waals surface area contributed by atoms with E-state index in [0.717, 1.165) is 30.2 Å². The van der Waals surface area contributed by atoms with E-state index in [2.05, 4.69) is 14.9 Å². The van der Waals surface area contributed by atoms with Gasteiger partial charge in [0.1, 0.15) is 17.5 Å². The lowest BCUT2D eigenvalue weighted by molar-refractivity contribution is -0.151. The van der Waals surface area contributed by atoms with Crippen LogP contribution in [0.5, 0.6) is 0 Å². The van der Waals surface area contributed by atoms with Crippen molar-refractivity contribution < 1.29 is 29.3 Å². The number of hydrogen-bond donors (Lipinski definition) is 2. The molecule has 1 saturated carbocycles. The first-order chi connectivity index (χ1) is 22.4. The third-order valence-electron chi connectivity index (χ3n) is 9.89. The first-order valence-corrected chi connectivity index (χ1v) is 17.6. The molecular formula is C37H56N4O6. The molecule has 2 N–H and O–H groups in total. The van der Waals surface area contributed by atoms with Crippen LogP contribution in [-0.4, -0.2) is 98.2 Å². The van der Waals surface area contributed by atoms with Gasteiger partial charge in [-0.25, -0.2) is 14.8 Å². The van der Waals surface area contributed by atoms with Gasteiger partial charge in [-0.2, -0.15) is 0 Å². The molecule has 47 heavy (non-hydrogen) atoms. The van der Waals surface area contributed by atoms with Crippen LogP contribution in [0.15, 0.2) is 48.2 Å². The Kier molecular flexibility index (Phi) is 13.6. The average Bonchev–Trinajstić information content (AvgIpc) is 3.34. The lowest BCUT2D eigenvalue weighted by Gasteiger charge is -2.40. The van der Waals surface area contributed by atoms with E-state index in [4.69, 9.17) is 9.47 Å². The number of hydrogen-bond acceptors (Lipinski definition) is 9. The van der Waals surface area contributed by atoms with E-state index in [9.17, 15) is 19.8 Å². The molecule has 1 amide bonds. The second-order valence-corrected chi connectivity index (χ2v) is 14.0. The van der Waals surface area contributed by atoms with Gasteiger partial charge in [-0.1, -0.05) is 63.8 Å². The zero-order valence-electron chi connectivity index (χ0n) is 29.0. The largest absolute Gasteiger partial charge is 0.457 e. The summed E-state index contributed by atoms with van der Waals surface area (Å²) in [5, 5.41) is 22.2. The van der Waals surface area contributed by atoms with Crippen molar-refractivity contribution in [2.45, 2.75) is 128 Å². The zero-order valence-corrected chi connectivity index (χ0v) is 29.0. The minimum atomic E-state index is -1.45. The topological polar surface area (TPSA) is 125 Å². The Hall–Kier alpha value is -3.08. The van der Waals surface area contributed by atoms with Gasteiger partial charge in [-0.05, 0) is 64.2 Å². The summed E-state index contributed by atoms with van der Waals surface area (Å²) in [5.74, 6) is -0.100. The fourth-order valence-corrected chi connectivity index (χ4v) is 6.77. The van der Waals surface area contributed by atoms with E-state index in [-0.39, 0.29) is 31.1 Å². The Bertz CT molecular complexity index is 1260. The van der Waals surface area contributed by atoms with Crippen molar-refractivity contribution in [3.63, 3.8) is 0 Å². The van der Waals surface area contributed by atoms with Crippen LogP contribution >= 0.6 is 0 Å². The molecule has 0 radical (unpaired) electrons. The van der Waals surface area contributed by atoms with E-state index in [0.29, 0.717) is 19.1 Å². The first kappa shape index (κ1) is 36.8. The van der Waals surface area contributed by atoms with Gasteiger partial charge in [0, 0.05) is 55.9 Å². The summed E-state index contributed by atoms with van der Waals surface area (Å²) in [5.41, 5.74) is 0.262. The number of cyclic esters (lactones) is 1. The summed E-state index contributed by atoms with van der Waals surface area (Å²) in [4.78, 5) is 39.4. The number of piperazine rings is 1. The highest BCUT2D eigenvalue weighted by atomic mass is 16.6. The van der Waals surface area contributed by atoms with Crippen LogP contribution in [0.25, 0.3) is 0 Å². The third-order valence-corrected chi connectivity index (χ3v) is 9.89. The maximum Gasteiger partial charge on any atom is 0.410 e. The van der Waals surface area contributed by atoms with Crippen LogP contribution in [0.2, 0.25) is 0 Å². The Morgan fingerprint density at radius 1 is 1.13 bits per heavy atom. The van der Waals surface area contributed by atoms with Gasteiger partial charge >= 0.3 is 12.1 Å². The van der Waals surface area contributed by atoms with Gasteiger partial charge in [-0.15, -0.1) is 0 Å². The fourth-order valence-electron chi connectivity index (χ4n) is 6.77. The van der Waals surface area contributed by atoms with Crippen LogP contribution < -0.4 is 0 Å². The number of esters is 1. The molecule has 10 heteroatoms. The van der Waals surface area contributed by atoms with Crippen LogP contribution in [0.1, 0.15) is 103 Å². The second-order valence-electron chi connectivity index (χ2n) is 14.0. The highest BCUT2D eigenvalue weighted by Gasteiger charge is 2.37. The van der Waals surface area contributed by atoms with Gasteiger partial charge in [0.2, 0.25) is 0 Å². The van der Waals surface area contributed by atoms with Crippen LogP contribution in [0, 0.1) is 12.8 Å². The number of ether oxygens (including phenoxy) is 2. The quantitative estimate of drug-likeness (QED) is 0.174. The number of aryl methyl sites for hydroxylation is 1. The summed E-state index contributed by atoms with van der Waals surface area (Å²) in [7, 11) is 0. The molecule has 1 aromatic rings. The van der Waals surface area contributed by atoms with Crippen molar-refractivity contribution in [2.24, 2.45) is 5.92 Å². The second kappa shape index (κ2) is 17.4. The minimum absolute atomic E-state index is 0.0114. The maximum atomic E-state index is 13.4. The van der Waals surface area contributed by atoms with E-state index >= 15 is 0 Å². The molecule has 1 saturated heterocycles. The number of carbonyl (C=O) groups is 2. The molecule has 260 valence electrons. The van der Waals surface area contributed by atoms with Gasteiger partial charge in [0.05, 0.1) is 12.5 Å². The number of aliphatic hydroxyl groups excluding tert-OH is 1. The van der Waals surface area contributed by atoms with Crippen molar-refractivity contribution >= 4 is 12.1 Å². The molecular weight excluding hydrogens is 596 g/mol. The van der Waals surface area contributed by atoms with E-state index in [1.807, 2.05) is 58.1 Å². The average molecular weight is 653 g/mol. The molecule has 0 bridgehead atoms. The van der Waals surface area contributed by atoms with Crippen LogP contribution in [0.4, 0.5) is 4.79 Å². The van der Waals surface area contributed by atoms with E-state index in [1.165, 1.54) is 38.5 Å². The van der Waals surface area contributed by atoms with Crippen molar-refractivity contribution in [3.05, 3.63) is 59.7 Å². The molecule has 6 atom stereocenters. The SMILES string of the molecule is C/C(=C\C=C\[C@H](C)c1nccc(C)n1)[C@H]1OC(=O)C[C@H](O)CC[C@@](C)(O)[C@@H](OC(=O)N2CCN(C3CCCCCC3)CC2)/C=C/[C@@H]1C. The van der Waals surface area contributed by atoms with E-state index < -0.39 is 36.0 Å². The molecule has 3 aliphatic rings. The molecule has 0 spiro atoms. The van der Waals surface area contributed by atoms with Gasteiger partial charge < -0.3 is 24.6 Å². The number of rotatable bonds is 6. The molecule has 2 aliphatic heterocycles. The predicted octanol–water partition coefficient (Wildman–Crippen LogP) is 5.64. The lowest BCUT2D eigenvalue weighted by atomic mass is 9.88. The number of aromatic nitrogens is 2. The molecule has 1 aromatic heterocycles. The number of allylic oxidation sites excluding steroid dienone is 3. The Balaban J connectivity index is 1.46. The summed E-state index contributed by atoms with van der Waals surface area (Å²) in [6, 6.07) is 2.46. The summed E-state index contributed by atoms with van der Waals surface area (Å²) >= 11 is 0. The smallest absolute Gasteiger partial charge is 0.410 e. The van der Waals surface area contributed by atoms with Gasteiger partial charge in [0.15, 0.2) is 6.10 Å². The fraction of sp³-hybridized carbons (Fsp3) is 0.676. The monoisotopic (exact) mass is 652 g/mol. The molecule has 2 fully saturated rings. The zero-order chi connectivity index (χ0) is 34.0. The van der Waals surface area contributed by atoms with Crippen molar-refractivity contribution in [1.82, 2.24) is 19.8 Å². The van der Waals surface area contributed by atoms with Crippen molar-refractivity contribution in [1.29, 1.82) is 0 Å². The molecule has 0 aromatic carbocycles. The highest BCUT2D eigenvalue weighted by molar-refractivity contribution is 5.70. The first-order valence-electron chi connectivity index (χ1n) is 17.6. The molecule has 10 nitrogen and oxygen atoms in total. The number of amides is 1. The minimum Gasteiger partial charge on any atom is -0.457 e. The van der Waals surface area contributed by atoms with Crippen molar-refractivity contribution in [2.75, 3.05) is 26.2 Å². The predicted molar refractivity (Wildman–Crippen MR) is 182 cm³/mol. The van der Waals surface area contributed by atoms with Crippen LogP contribution in [0.3, 0.4) is 0 Å². The Morgan fingerprint density at radius 3 is 2.51 bits per heavy atom. The van der Waals surface area contributed by atoms with E-state index in [1.54, 1.807) is 24.1 Å². The molecule has 0 unspecified atom stereocenters. The highest BCUT2D eigenvalue weighted by Crippen LogP contribution is 2.28. The normalized spacial score (nSPS) is 30.9. The summed E-state index contributed by atoms with van der Waals surface area (Å²) < 4.78 is 11.9. The van der Waals surface area contributed by atoms with Gasteiger partial charge in [0.25, 0.3) is 0 Å². The van der Waals surface area contributed by atoms with Crippen LogP contribution in [-0.2, 0) is 14.3 Å². The Morgan fingerprint density at radius 2 is 1.83 bits per heavy atom. The third kappa shape index (κ3) is 11.0. The molecule has 3 heterocycles. The number of aliphatic hydroxyl groups is 2. The van der Waals surface area contributed by atoms with Gasteiger partial charge in [-0.3, -0.25) is 9.69 Å². The molecule has 4 rings (SSSR count). The summed E-state index contributed by atoms with van der Waals surface area (Å²) in [6.07, 6.45) is 15.8. The molecule has 1 aliphatic carbocycles. The summed E-state index contributed by atoms with van der Waals surface area (Å²) in [6.45, 7) is 12.2. The number of carbonyl (C=O) groups excluding carboxylic acids is 2. The number of nitrogens with zero attached hydrogens (tertiary/aromatic N) is 4. The Labute approximate surface area is 280 Å². The standard InChI is InChI=1S/C37H56N4O6/c1-26(11-10-12-28(3)35-38-20-18-29(4)39-35)34-27(2)15-16-32(37(5,45)19-17-31(42)25-33(43)47-34)46-36(44)41-23-21-40(22-24-41)30-13-8-6-7-9-14-30/h10-12,15-16,18,20,27-28,30-32,34,42,45H,6-9,13-14,17,19,21-25H2,1-5H3/b12-10+,16-15+,26-11+/t27-,28-,31+,32-,34+,37+/m0/s1. The lowest BCUT2D eigenvalue weighted by Crippen LogP contribution is -2.53.